The van der Waals surface area contributed by atoms with Crippen LogP contribution in [0.3, 0.4) is 0 Å². The van der Waals surface area contributed by atoms with Crippen LogP contribution in [0.4, 0.5) is 5.69 Å². The molecule has 0 saturated carbocycles. The lowest BCUT2D eigenvalue weighted by molar-refractivity contribution is -0.149. The minimum Gasteiger partial charge on any atom is -0.493 e. The zero-order chi connectivity index (χ0) is 21.3. The molecule has 1 rings (SSSR count). The van der Waals surface area contributed by atoms with Gasteiger partial charge in [0, 0.05) is 11.8 Å². The molecule has 0 aliphatic rings. The standard InChI is InChI=1S/C20H33NO8/c1-4-28-20(22)15-27-10-9-25-6-5-24-7-8-26-11-12-29-19-14-17(21)16(2)13-18(19)23-3/h13-14H,4-12,15,21H2,1-3H3. The SMILES string of the molecule is CCOC(=O)COCCOCCOCCOCCOc1cc(N)c(C)cc1OC. The summed E-state index contributed by atoms with van der Waals surface area (Å²) in [4.78, 5) is 11.0. The van der Waals surface area contributed by atoms with Crippen molar-refractivity contribution in [1.29, 1.82) is 0 Å². The Morgan fingerprint density at radius 3 is 1.97 bits per heavy atom. The maximum atomic E-state index is 11.0. The van der Waals surface area contributed by atoms with Gasteiger partial charge in [0.05, 0.1) is 60.0 Å². The van der Waals surface area contributed by atoms with Crippen LogP contribution in [0.25, 0.3) is 0 Å². The second-order valence-corrected chi connectivity index (χ2v) is 5.90. The van der Waals surface area contributed by atoms with Gasteiger partial charge in [0.1, 0.15) is 13.2 Å². The quantitative estimate of drug-likeness (QED) is 0.230. The molecule has 0 aliphatic heterocycles. The molecule has 9 nitrogen and oxygen atoms in total. The molecule has 0 atom stereocenters. The molecule has 1 aromatic rings. The fourth-order valence-corrected chi connectivity index (χ4v) is 2.18. The van der Waals surface area contributed by atoms with Gasteiger partial charge in [-0.15, -0.1) is 0 Å². The average molecular weight is 415 g/mol. The van der Waals surface area contributed by atoms with Crippen LogP contribution in [0.15, 0.2) is 12.1 Å². The molecular weight excluding hydrogens is 382 g/mol. The highest BCUT2D eigenvalue weighted by Gasteiger charge is 2.07. The Kier molecular flexibility index (Phi) is 13.6. The summed E-state index contributed by atoms with van der Waals surface area (Å²) >= 11 is 0. The van der Waals surface area contributed by atoms with E-state index in [4.69, 9.17) is 38.9 Å². The lowest BCUT2D eigenvalue weighted by Crippen LogP contribution is -2.16. The van der Waals surface area contributed by atoms with Crippen molar-refractivity contribution in [2.24, 2.45) is 0 Å². The first-order valence-corrected chi connectivity index (χ1v) is 9.62. The van der Waals surface area contributed by atoms with Crippen LogP contribution in [-0.2, 0) is 28.5 Å². The van der Waals surface area contributed by atoms with Crippen LogP contribution in [0, 0.1) is 6.92 Å². The van der Waals surface area contributed by atoms with Gasteiger partial charge in [-0.25, -0.2) is 4.79 Å². The number of esters is 1. The lowest BCUT2D eigenvalue weighted by atomic mass is 10.2. The summed E-state index contributed by atoms with van der Waals surface area (Å²) in [5.74, 6) is 0.869. The van der Waals surface area contributed by atoms with Crippen LogP contribution in [-0.4, -0.2) is 79.1 Å². The third kappa shape index (κ3) is 11.5. The molecule has 166 valence electrons. The Morgan fingerprint density at radius 1 is 0.862 bits per heavy atom. The Morgan fingerprint density at radius 2 is 1.41 bits per heavy atom. The van der Waals surface area contributed by atoms with Crippen molar-refractivity contribution >= 4 is 11.7 Å². The third-order valence-electron chi connectivity index (χ3n) is 3.68. The molecule has 0 aromatic heterocycles. The van der Waals surface area contributed by atoms with Crippen LogP contribution >= 0.6 is 0 Å². The highest BCUT2D eigenvalue weighted by Crippen LogP contribution is 2.31. The van der Waals surface area contributed by atoms with Gasteiger partial charge >= 0.3 is 5.97 Å². The van der Waals surface area contributed by atoms with Crippen molar-refractivity contribution in [2.45, 2.75) is 13.8 Å². The zero-order valence-corrected chi connectivity index (χ0v) is 17.6. The van der Waals surface area contributed by atoms with Crippen LogP contribution in [0.2, 0.25) is 0 Å². The normalized spacial score (nSPS) is 10.7. The largest absolute Gasteiger partial charge is 0.493 e. The molecule has 0 aliphatic carbocycles. The minimum atomic E-state index is -0.372. The van der Waals surface area contributed by atoms with E-state index in [1.54, 1.807) is 20.1 Å². The summed E-state index contributed by atoms with van der Waals surface area (Å²) in [6.45, 7) is 7.31. The Labute approximate surface area is 172 Å². The number of hydrogen-bond donors (Lipinski definition) is 1. The molecule has 0 radical (unpaired) electrons. The van der Waals surface area contributed by atoms with E-state index in [0.29, 0.717) is 76.6 Å². The number of nitrogens with two attached hydrogens (primary N) is 1. The molecule has 29 heavy (non-hydrogen) atoms. The first kappa shape index (κ1) is 25.0. The molecule has 0 heterocycles. The molecule has 9 heteroatoms. The number of rotatable bonds is 17. The van der Waals surface area contributed by atoms with E-state index in [2.05, 4.69) is 0 Å². The maximum absolute atomic E-state index is 11.0. The summed E-state index contributed by atoms with van der Waals surface area (Å²) in [6, 6.07) is 3.59. The summed E-state index contributed by atoms with van der Waals surface area (Å²) < 4.78 is 37.0. The molecule has 0 unspecified atom stereocenters. The second kappa shape index (κ2) is 15.8. The molecular formula is C20H33NO8. The number of hydrogen-bond acceptors (Lipinski definition) is 9. The van der Waals surface area contributed by atoms with E-state index < -0.39 is 0 Å². The van der Waals surface area contributed by atoms with Gasteiger partial charge in [0.15, 0.2) is 11.5 Å². The average Bonchev–Trinajstić information content (AvgIpc) is 2.70. The van der Waals surface area contributed by atoms with E-state index in [1.807, 2.05) is 13.0 Å². The van der Waals surface area contributed by atoms with E-state index >= 15 is 0 Å². The van der Waals surface area contributed by atoms with Gasteiger partial charge in [-0.2, -0.15) is 0 Å². The molecule has 0 spiro atoms. The lowest BCUT2D eigenvalue weighted by Gasteiger charge is -2.13. The smallest absolute Gasteiger partial charge is 0.332 e. The van der Waals surface area contributed by atoms with Gasteiger partial charge in [-0.1, -0.05) is 0 Å². The van der Waals surface area contributed by atoms with Crippen molar-refractivity contribution in [1.82, 2.24) is 0 Å². The first-order valence-electron chi connectivity index (χ1n) is 9.62. The zero-order valence-electron chi connectivity index (χ0n) is 17.6. The number of carbonyl (C=O) groups is 1. The number of methoxy groups -OCH3 is 1. The molecule has 0 saturated heterocycles. The number of benzene rings is 1. The number of ether oxygens (including phenoxy) is 7. The van der Waals surface area contributed by atoms with Crippen LogP contribution in [0.5, 0.6) is 11.5 Å². The van der Waals surface area contributed by atoms with Gasteiger partial charge in [0.2, 0.25) is 0 Å². The van der Waals surface area contributed by atoms with Crippen LogP contribution < -0.4 is 15.2 Å². The fraction of sp³-hybridized carbons (Fsp3) is 0.650. The number of aryl methyl sites for hydroxylation is 1. The van der Waals surface area contributed by atoms with Gasteiger partial charge in [-0.3, -0.25) is 0 Å². The summed E-state index contributed by atoms with van der Waals surface area (Å²) in [5, 5.41) is 0. The molecule has 1 aromatic carbocycles. The van der Waals surface area contributed by atoms with E-state index in [0.717, 1.165) is 5.56 Å². The third-order valence-corrected chi connectivity index (χ3v) is 3.68. The summed E-state index contributed by atoms with van der Waals surface area (Å²) in [5.41, 5.74) is 7.49. The number of nitrogen functional groups attached to an aromatic ring is 1. The fourth-order valence-electron chi connectivity index (χ4n) is 2.18. The number of carbonyl (C=O) groups excluding carboxylic acids is 1. The summed E-state index contributed by atoms with van der Waals surface area (Å²) in [7, 11) is 1.59. The van der Waals surface area contributed by atoms with Crippen molar-refractivity contribution in [3.8, 4) is 11.5 Å². The van der Waals surface area contributed by atoms with E-state index in [1.165, 1.54) is 0 Å². The Balaban J connectivity index is 1.92. The van der Waals surface area contributed by atoms with Crippen LogP contribution in [0.1, 0.15) is 12.5 Å². The van der Waals surface area contributed by atoms with E-state index in [9.17, 15) is 4.79 Å². The van der Waals surface area contributed by atoms with Crippen molar-refractivity contribution < 1.29 is 38.0 Å². The Bertz CT molecular complexity index is 582. The molecule has 0 amide bonds. The summed E-state index contributed by atoms with van der Waals surface area (Å²) in [6.07, 6.45) is 0. The van der Waals surface area contributed by atoms with Crippen molar-refractivity contribution in [2.75, 3.05) is 78.9 Å². The van der Waals surface area contributed by atoms with Crippen molar-refractivity contribution in [3.63, 3.8) is 0 Å². The second-order valence-electron chi connectivity index (χ2n) is 5.90. The van der Waals surface area contributed by atoms with Gasteiger partial charge in [-0.05, 0) is 25.5 Å². The predicted octanol–water partition coefficient (Wildman–Crippen LogP) is 1.59. The Hall–Kier alpha value is -2.07. The minimum absolute atomic E-state index is 0.0567. The highest BCUT2D eigenvalue weighted by molar-refractivity contribution is 5.70. The first-order chi connectivity index (χ1) is 14.1. The van der Waals surface area contributed by atoms with Crippen molar-refractivity contribution in [3.05, 3.63) is 17.7 Å². The van der Waals surface area contributed by atoms with Gasteiger partial charge in [0.25, 0.3) is 0 Å². The predicted molar refractivity (Wildman–Crippen MR) is 108 cm³/mol. The highest BCUT2D eigenvalue weighted by atomic mass is 16.6. The monoisotopic (exact) mass is 415 g/mol. The van der Waals surface area contributed by atoms with Gasteiger partial charge < -0.3 is 38.9 Å². The molecule has 2 N–H and O–H groups in total. The maximum Gasteiger partial charge on any atom is 0.332 e. The topological polar surface area (TPSA) is 108 Å². The number of anilines is 1. The van der Waals surface area contributed by atoms with E-state index in [-0.39, 0.29) is 12.6 Å². The molecule has 0 fully saturated rings. The molecule has 0 bridgehead atoms.